The van der Waals surface area contributed by atoms with Crippen LogP contribution < -0.4 is 14.8 Å². The number of halogens is 1. The molecule has 128 valence electrons. The van der Waals surface area contributed by atoms with Crippen LogP contribution in [-0.4, -0.2) is 20.9 Å². The highest BCUT2D eigenvalue weighted by molar-refractivity contribution is 7.87. The number of benzene rings is 2. The molecule has 0 atom stereocenters. The number of rotatable bonds is 7. The van der Waals surface area contributed by atoms with Gasteiger partial charge in [-0.15, -0.1) is 0 Å². The molecule has 0 aromatic heterocycles. The Morgan fingerprint density at radius 2 is 1.79 bits per heavy atom. The summed E-state index contributed by atoms with van der Waals surface area (Å²) in [4.78, 5) is 11.8. The first-order chi connectivity index (χ1) is 11.4. The lowest BCUT2D eigenvalue weighted by molar-refractivity contribution is -0.115. The Morgan fingerprint density at radius 3 is 2.46 bits per heavy atom. The monoisotopic (exact) mass is 351 g/mol. The van der Waals surface area contributed by atoms with Crippen LogP contribution in [0, 0.1) is 12.7 Å². The van der Waals surface area contributed by atoms with Gasteiger partial charge in [0.2, 0.25) is 5.91 Å². The summed E-state index contributed by atoms with van der Waals surface area (Å²) < 4.78 is 41.1. The molecule has 2 aromatic rings. The van der Waals surface area contributed by atoms with Crippen LogP contribution in [0.2, 0.25) is 0 Å². The average molecular weight is 351 g/mol. The van der Waals surface area contributed by atoms with Crippen LogP contribution in [0.4, 0.5) is 10.1 Å². The third-order valence-corrected chi connectivity index (χ3v) is 4.24. The Balaban J connectivity index is 1.83. The molecule has 8 heteroatoms. The number of carbonyl (C=O) groups is 1. The Hall–Kier alpha value is -2.29. The predicted octanol–water partition coefficient (Wildman–Crippen LogP) is 1.70. The highest BCUT2D eigenvalue weighted by Gasteiger charge is 2.12. The van der Waals surface area contributed by atoms with Gasteiger partial charge in [0.05, 0.1) is 6.54 Å². The van der Waals surface area contributed by atoms with Gasteiger partial charge in [-0.3, -0.25) is 4.79 Å². The van der Waals surface area contributed by atoms with Gasteiger partial charge >= 0.3 is 0 Å². The largest absolute Gasteiger partial charge is 0.325 e. The lowest BCUT2D eigenvalue weighted by Gasteiger charge is -2.10. The van der Waals surface area contributed by atoms with Crippen LogP contribution in [0.5, 0.6) is 0 Å². The minimum atomic E-state index is -3.80. The summed E-state index contributed by atoms with van der Waals surface area (Å²) in [5, 5.41) is 2.52. The molecule has 0 unspecified atom stereocenters. The number of anilines is 1. The van der Waals surface area contributed by atoms with Crippen molar-refractivity contribution in [3.05, 3.63) is 65.5 Å². The summed E-state index contributed by atoms with van der Waals surface area (Å²) in [6.45, 7) is 1.33. The van der Waals surface area contributed by atoms with Crippen molar-refractivity contribution >= 4 is 21.8 Å². The van der Waals surface area contributed by atoms with E-state index in [9.17, 15) is 17.6 Å². The quantitative estimate of drug-likeness (QED) is 0.709. The van der Waals surface area contributed by atoms with Crippen LogP contribution in [0.1, 0.15) is 11.1 Å². The smallest absolute Gasteiger partial charge is 0.277 e. The molecule has 24 heavy (non-hydrogen) atoms. The summed E-state index contributed by atoms with van der Waals surface area (Å²) in [5.41, 5.74) is 1.78. The highest BCUT2D eigenvalue weighted by Crippen LogP contribution is 2.15. The van der Waals surface area contributed by atoms with E-state index in [0.717, 1.165) is 5.56 Å². The summed E-state index contributed by atoms with van der Waals surface area (Å²) in [7, 11) is -3.80. The Bertz CT molecular complexity index is 811. The molecule has 0 saturated heterocycles. The molecule has 0 aliphatic rings. The zero-order valence-corrected chi connectivity index (χ0v) is 13.9. The van der Waals surface area contributed by atoms with Gasteiger partial charge in [-0.2, -0.15) is 17.9 Å². The molecule has 3 N–H and O–H groups in total. The van der Waals surface area contributed by atoms with E-state index in [1.807, 2.05) is 6.07 Å². The van der Waals surface area contributed by atoms with E-state index in [1.165, 1.54) is 18.2 Å². The van der Waals surface area contributed by atoms with E-state index in [1.54, 1.807) is 31.2 Å². The molecule has 2 aromatic carbocycles. The second kappa shape index (κ2) is 8.00. The Labute approximate surface area is 140 Å². The third-order valence-electron chi connectivity index (χ3n) is 3.19. The van der Waals surface area contributed by atoms with Gasteiger partial charge in [0.1, 0.15) is 5.82 Å². The third kappa shape index (κ3) is 5.73. The van der Waals surface area contributed by atoms with Gasteiger partial charge in [0.25, 0.3) is 10.2 Å². The maximum atomic E-state index is 13.0. The number of hydrogen-bond acceptors (Lipinski definition) is 3. The number of carbonyl (C=O) groups excluding carboxylic acids is 1. The lowest BCUT2D eigenvalue weighted by atomic mass is 10.2. The molecular formula is C16H18FN3O3S. The van der Waals surface area contributed by atoms with Crippen LogP contribution in [-0.2, 0) is 21.5 Å². The Morgan fingerprint density at radius 1 is 1.08 bits per heavy atom. The second-order valence-electron chi connectivity index (χ2n) is 5.14. The first-order valence-electron chi connectivity index (χ1n) is 7.20. The van der Waals surface area contributed by atoms with Crippen molar-refractivity contribution in [1.82, 2.24) is 9.44 Å². The van der Waals surface area contributed by atoms with Crippen molar-refractivity contribution in [3.63, 3.8) is 0 Å². The molecule has 0 aliphatic heterocycles. The van der Waals surface area contributed by atoms with Gasteiger partial charge in [-0.05, 0) is 36.2 Å². The van der Waals surface area contributed by atoms with Gasteiger partial charge in [-0.25, -0.2) is 4.39 Å². The van der Waals surface area contributed by atoms with Crippen LogP contribution in [0.25, 0.3) is 0 Å². The van der Waals surface area contributed by atoms with Gasteiger partial charge in [0, 0.05) is 12.2 Å². The molecule has 2 rings (SSSR count). The normalized spacial score (nSPS) is 11.2. The van der Waals surface area contributed by atoms with Crippen molar-refractivity contribution in [2.24, 2.45) is 0 Å². The van der Waals surface area contributed by atoms with E-state index in [-0.39, 0.29) is 6.54 Å². The summed E-state index contributed by atoms with van der Waals surface area (Å²) in [6, 6.07) is 12.9. The molecule has 0 saturated carbocycles. The van der Waals surface area contributed by atoms with Crippen molar-refractivity contribution in [3.8, 4) is 0 Å². The first-order valence-corrected chi connectivity index (χ1v) is 8.68. The van der Waals surface area contributed by atoms with E-state index in [2.05, 4.69) is 14.8 Å². The summed E-state index contributed by atoms with van der Waals surface area (Å²) in [5.74, 6) is -0.953. The van der Waals surface area contributed by atoms with Gasteiger partial charge in [0.15, 0.2) is 0 Å². The fourth-order valence-corrected chi connectivity index (χ4v) is 2.73. The molecule has 0 heterocycles. The summed E-state index contributed by atoms with van der Waals surface area (Å²) >= 11 is 0. The maximum Gasteiger partial charge on any atom is 0.277 e. The number of amides is 1. The van der Waals surface area contributed by atoms with Crippen molar-refractivity contribution < 1.29 is 17.6 Å². The van der Waals surface area contributed by atoms with Crippen molar-refractivity contribution in [1.29, 1.82) is 0 Å². The van der Waals surface area contributed by atoms with E-state index >= 15 is 0 Å². The SMILES string of the molecule is Cc1cc(F)ccc1NC(=O)CNS(=O)(=O)NCc1ccccc1. The number of aryl methyl sites for hydroxylation is 1. The standard InChI is InChI=1S/C16H18FN3O3S/c1-12-9-14(17)7-8-15(12)20-16(21)11-19-24(22,23)18-10-13-5-3-2-4-6-13/h2-9,18-19H,10-11H2,1H3,(H,20,21). The fraction of sp³-hybridized carbons (Fsp3) is 0.188. The number of hydrogen-bond donors (Lipinski definition) is 3. The topological polar surface area (TPSA) is 87.3 Å². The van der Waals surface area contributed by atoms with Crippen molar-refractivity contribution in [2.75, 3.05) is 11.9 Å². The van der Waals surface area contributed by atoms with E-state index in [4.69, 9.17) is 0 Å². The molecule has 0 fully saturated rings. The Kier molecular flexibility index (Phi) is 6.02. The van der Waals surface area contributed by atoms with Gasteiger partial charge < -0.3 is 5.32 Å². The average Bonchev–Trinajstić information content (AvgIpc) is 2.55. The van der Waals surface area contributed by atoms with Crippen LogP contribution in [0.15, 0.2) is 48.5 Å². The van der Waals surface area contributed by atoms with Crippen molar-refractivity contribution in [2.45, 2.75) is 13.5 Å². The molecule has 0 radical (unpaired) electrons. The lowest BCUT2D eigenvalue weighted by Crippen LogP contribution is -2.40. The predicted molar refractivity (Wildman–Crippen MR) is 90.0 cm³/mol. The molecule has 1 amide bonds. The second-order valence-corrected chi connectivity index (χ2v) is 6.72. The molecule has 0 spiro atoms. The maximum absolute atomic E-state index is 13.0. The first kappa shape index (κ1) is 18.1. The zero-order chi connectivity index (χ0) is 17.6. The minimum Gasteiger partial charge on any atom is -0.325 e. The highest BCUT2D eigenvalue weighted by atomic mass is 32.2. The molecular weight excluding hydrogens is 333 g/mol. The van der Waals surface area contributed by atoms with E-state index in [0.29, 0.717) is 11.3 Å². The van der Waals surface area contributed by atoms with Crippen LogP contribution in [0.3, 0.4) is 0 Å². The molecule has 6 nitrogen and oxygen atoms in total. The zero-order valence-electron chi connectivity index (χ0n) is 13.0. The molecule has 0 bridgehead atoms. The minimum absolute atomic E-state index is 0.120. The summed E-state index contributed by atoms with van der Waals surface area (Å²) in [6.07, 6.45) is 0. The number of nitrogens with one attached hydrogen (secondary N) is 3. The van der Waals surface area contributed by atoms with Gasteiger partial charge in [-0.1, -0.05) is 30.3 Å². The van der Waals surface area contributed by atoms with Crippen LogP contribution >= 0.6 is 0 Å². The molecule has 0 aliphatic carbocycles. The van der Waals surface area contributed by atoms with E-state index < -0.39 is 28.5 Å². The fourth-order valence-electron chi connectivity index (χ4n) is 1.95.